The first kappa shape index (κ1) is 5.92. The van der Waals surface area contributed by atoms with Gasteiger partial charge in [0, 0.05) is 24.5 Å². The largest absolute Gasteiger partial charge is 0.308 e. The first-order chi connectivity index (χ1) is 4.95. The van der Waals surface area contributed by atoms with Gasteiger partial charge in [0.05, 0.1) is 0 Å². The van der Waals surface area contributed by atoms with Gasteiger partial charge in [-0.1, -0.05) is 0 Å². The molecule has 1 heterocycles. The Morgan fingerprint density at radius 3 is 3.20 bits per heavy atom. The van der Waals surface area contributed by atoms with Crippen LogP contribution in [0.4, 0.5) is 0 Å². The van der Waals surface area contributed by atoms with Gasteiger partial charge in [0.2, 0.25) is 0 Å². The maximum absolute atomic E-state index is 3.86. The molecule has 1 saturated carbocycles. The van der Waals surface area contributed by atoms with E-state index < -0.39 is 0 Å². The third-order valence-corrected chi connectivity index (χ3v) is 1.72. The Morgan fingerprint density at radius 2 is 2.60 bits per heavy atom. The van der Waals surface area contributed by atoms with Crippen molar-refractivity contribution in [3.63, 3.8) is 0 Å². The summed E-state index contributed by atoms with van der Waals surface area (Å²) >= 11 is 0. The molecule has 0 unspecified atom stereocenters. The van der Waals surface area contributed by atoms with Crippen LogP contribution in [0.2, 0.25) is 0 Å². The minimum absolute atomic E-state index is 0.781. The van der Waals surface area contributed by atoms with Gasteiger partial charge in [-0.05, 0) is 18.9 Å². The zero-order chi connectivity index (χ0) is 6.81. The Kier molecular flexibility index (Phi) is 1.43. The van der Waals surface area contributed by atoms with Gasteiger partial charge >= 0.3 is 0 Å². The Balaban J connectivity index is 1.79. The van der Waals surface area contributed by atoms with Crippen LogP contribution in [-0.2, 0) is 6.54 Å². The molecule has 1 fully saturated rings. The summed E-state index contributed by atoms with van der Waals surface area (Å²) in [4.78, 5) is 0. The second-order valence-corrected chi connectivity index (χ2v) is 2.74. The molecule has 3 nitrogen and oxygen atoms in total. The monoisotopic (exact) mass is 137 g/mol. The van der Waals surface area contributed by atoms with Gasteiger partial charge in [0.1, 0.15) is 0 Å². The number of aromatic nitrogens is 2. The molecule has 0 spiro atoms. The lowest BCUT2D eigenvalue weighted by Crippen LogP contribution is -2.15. The van der Waals surface area contributed by atoms with Crippen molar-refractivity contribution in [2.24, 2.45) is 0 Å². The molecular formula is C7H11N3. The van der Waals surface area contributed by atoms with Crippen molar-refractivity contribution in [1.29, 1.82) is 0 Å². The van der Waals surface area contributed by atoms with Crippen LogP contribution in [0.15, 0.2) is 12.3 Å². The van der Waals surface area contributed by atoms with Gasteiger partial charge in [-0.2, -0.15) is 5.10 Å². The molecule has 2 rings (SSSR count). The van der Waals surface area contributed by atoms with E-state index in [0.29, 0.717) is 0 Å². The lowest BCUT2D eigenvalue weighted by Gasteiger charge is -1.96. The summed E-state index contributed by atoms with van der Waals surface area (Å²) in [6.45, 7) is 0.935. The SMILES string of the molecule is c1cc(CNC2CC2)[nH]n1. The van der Waals surface area contributed by atoms with E-state index >= 15 is 0 Å². The lowest BCUT2D eigenvalue weighted by molar-refractivity contribution is 0.672. The highest BCUT2D eigenvalue weighted by Gasteiger charge is 2.19. The maximum Gasteiger partial charge on any atom is 0.0490 e. The molecule has 54 valence electrons. The van der Waals surface area contributed by atoms with Crippen molar-refractivity contribution in [1.82, 2.24) is 15.5 Å². The Hall–Kier alpha value is -0.830. The normalized spacial score (nSPS) is 17.6. The predicted octanol–water partition coefficient (Wildman–Crippen LogP) is 0.662. The van der Waals surface area contributed by atoms with Crippen LogP contribution in [0.1, 0.15) is 18.5 Å². The van der Waals surface area contributed by atoms with Crippen LogP contribution in [0.5, 0.6) is 0 Å². The number of H-pyrrole nitrogens is 1. The smallest absolute Gasteiger partial charge is 0.0490 e. The van der Waals surface area contributed by atoms with E-state index in [4.69, 9.17) is 0 Å². The van der Waals surface area contributed by atoms with Gasteiger partial charge in [0.15, 0.2) is 0 Å². The summed E-state index contributed by atoms with van der Waals surface area (Å²) in [7, 11) is 0. The molecule has 0 aromatic carbocycles. The topological polar surface area (TPSA) is 40.7 Å². The molecule has 1 aliphatic carbocycles. The molecule has 2 N–H and O–H groups in total. The second-order valence-electron chi connectivity index (χ2n) is 2.74. The van der Waals surface area contributed by atoms with Crippen molar-refractivity contribution in [3.05, 3.63) is 18.0 Å². The van der Waals surface area contributed by atoms with E-state index in [-0.39, 0.29) is 0 Å². The highest BCUT2D eigenvalue weighted by molar-refractivity contribution is 4.98. The molecule has 1 aromatic heterocycles. The van der Waals surface area contributed by atoms with E-state index in [2.05, 4.69) is 15.5 Å². The molecule has 0 atom stereocenters. The van der Waals surface area contributed by atoms with Gasteiger partial charge in [-0.3, -0.25) is 5.10 Å². The highest BCUT2D eigenvalue weighted by Crippen LogP contribution is 2.18. The highest BCUT2D eigenvalue weighted by atomic mass is 15.1. The Bertz CT molecular complexity index is 189. The summed E-state index contributed by atoms with van der Waals surface area (Å²) in [5, 5.41) is 10.2. The first-order valence-electron chi connectivity index (χ1n) is 3.67. The van der Waals surface area contributed by atoms with Crippen molar-refractivity contribution >= 4 is 0 Å². The van der Waals surface area contributed by atoms with E-state index in [1.54, 1.807) is 6.20 Å². The van der Waals surface area contributed by atoms with Gasteiger partial charge in [-0.15, -0.1) is 0 Å². The molecule has 3 heteroatoms. The molecule has 1 aromatic rings. The number of aromatic amines is 1. The molecule has 0 saturated heterocycles. The van der Waals surface area contributed by atoms with Gasteiger partial charge in [-0.25, -0.2) is 0 Å². The van der Waals surface area contributed by atoms with E-state index in [9.17, 15) is 0 Å². The summed E-state index contributed by atoms with van der Waals surface area (Å²) in [5.41, 5.74) is 1.17. The minimum atomic E-state index is 0.781. The summed E-state index contributed by atoms with van der Waals surface area (Å²) in [6.07, 6.45) is 4.46. The summed E-state index contributed by atoms with van der Waals surface area (Å²) in [6, 6.07) is 2.78. The fourth-order valence-corrected chi connectivity index (χ4v) is 0.925. The molecule has 10 heavy (non-hydrogen) atoms. The standard InChI is InChI=1S/C7H11N3/c1-2-6(1)8-5-7-3-4-9-10-7/h3-4,6,8H,1-2,5H2,(H,9,10). The number of nitrogens with zero attached hydrogens (tertiary/aromatic N) is 1. The van der Waals surface area contributed by atoms with E-state index in [1.165, 1.54) is 18.5 Å². The number of nitrogens with one attached hydrogen (secondary N) is 2. The first-order valence-corrected chi connectivity index (χ1v) is 3.67. The van der Waals surface area contributed by atoms with Crippen LogP contribution in [0.25, 0.3) is 0 Å². The zero-order valence-corrected chi connectivity index (χ0v) is 5.80. The Morgan fingerprint density at radius 1 is 1.70 bits per heavy atom. The molecule has 0 radical (unpaired) electrons. The Labute approximate surface area is 59.8 Å². The van der Waals surface area contributed by atoms with Crippen LogP contribution in [0.3, 0.4) is 0 Å². The zero-order valence-electron chi connectivity index (χ0n) is 5.80. The number of hydrogen-bond donors (Lipinski definition) is 2. The molecule has 0 amide bonds. The van der Waals surface area contributed by atoms with Gasteiger partial charge in [0.25, 0.3) is 0 Å². The minimum Gasteiger partial charge on any atom is -0.308 e. The van der Waals surface area contributed by atoms with Crippen molar-refractivity contribution in [2.75, 3.05) is 0 Å². The molecular weight excluding hydrogens is 126 g/mol. The van der Waals surface area contributed by atoms with E-state index in [0.717, 1.165) is 12.6 Å². The fourth-order valence-electron chi connectivity index (χ4n) is 0.925. The van der Waals surface area contributed by atoms with Crippen molar-refractivity contribution in [2.45, 2.75) is 25.4 Å². The molecule has 0 aliphatic heterocycles. The van der Waals surface area contributed by atoms with Gasteiger partial charge < -0.3 is 5.32 Å². The van der Waals surface area contributed by atoms with Crippen LogP contribution < -0.4 is 5.32 Å². The molecule has 1 aliphatic rings. The van der Waals surface area contributed by atoms with Crippen molar-refractivity contribution < 1.29 is 0 Å². The molecule has 0 bridgehead atoms. The number of hydrogen-bond acceptors (Lipinski definition) is 2. The average Bonchev–Trinajstić information content (AvgIpc) is 2.63. The quantitative estimate of drug-likeness (QED) is 0.642. The summed E-state index contributed by atoms with van der Waals surface area (Å²) < 4.78 is 0. The average molecular weight is 137 g/mol. The van der Waals surface area contributed by atoms with E-state index in [1.807, 2.05) is 6.07 Å². The third-order valence-electron chi connectivity index (χ3n) is 1.72. The maximum atomic E-state index is 3.86. The van der Waals surface area contributed by atoms with Crippen LogP contribution in [0, 0.1) is 0 Å². The third kappa shape index (κ3) is 1.36. The summed E-state index contributed by atoms with van der Waals surface area (Å²) in [5.74, 6) is 0. The van der Waals surface area contributed by atoms with Crippen LogP contribution in [-0.4, -0.2) is 16.2 Å². The lowest BCUT2D eigenvalue weighted by atomic mass is 10.4. The predicted molar refractivity (Wildman–Crippen MR) is 38.4 cm³/mol. The number of rotatable bonds is 3. The fraction of sp³-hybridized carbons (Fsp3) is 0.571. The second kappa shape index (κ2) is 2.42. The van der Waals surface area contributed by atoms with Crippen molar-refractivity contribution in [3.8, 4) is 0 Å². The van der Waals surface area contributed by atoms with Crippen LogP contribution >= 0.6 is 0 Å².